The monoisotopic (exact) mass is 447 g/mol. The largest absolute Gasteiger partial charge is 0.444 e. The van der Waals surface area contributed by atoms with Crippen LogP contribution in [0.4, 0.5) is 5.69 Å². The van der Waals surface area contributed by atoms with Crippen molar-refractivity contribution in [3.63, 3.8) is 0 Å². The highest BCUT2D eigenvalue weighted by Gasteiger charge is 2.11. The van der Waals surface area contributed by atoms with Crippen LogP contribution in [0.5, 0.6) is 0 Å². The highest BCUT2D eigenvalue weighted by molar-refractivity contribution is 9.10. The molecule has 27 heavy (non-hydrogen) atoms. The van der Waals surface area contributed by atoms with Gasteiger partial charge in [-0.1, -0.05) is 12.1 Å². The molecule has 0 radical (unpaired) electrons. The number of hydrogen-bond donors (Lipinski definition) is 2. The van der Waals surface area contributed by atoms with Gasteiger partial charge in [-0.2, -0.15) is 0 Å². The number of anilines is 1. The van der Waals surface area contributed by atoms with Crippen molar-refractivity contribution in [2.24, 2.45) is 0 Å². The lowest BCUT2D eigenvalue weighted by molar-refractivity contribution is -0.120. The number of carbonyl (C=O) groups excluding carboxylic acids is 2. The third-order valence-corrected chi connectivity index (χ3v) is 4.99. The Morgan fingerprint density at radius 2 is 1.96 bits per heavy atom. The van der Waals surface area contributed by atoms with E-state index in [1.54, 1.807) is 35.6 Å². The fourth-order valence-electron chi connectivity index (χ4n) is 2.44. The molecule has 140 valence electrons. The van der Waals surface area contributed by atoms with Gasteiger partial charge in [0.05, 0.1) is 17.1 Å². The lowest BCUT2D eigenvalue weighted by atomic mass is 10.1. The minimum Gasteiger partial charge on any atom is -0.444 e. The number of amides is 2. The zero-order valence-corrected chi connectivity index (χ0v) is 17.0. The molecule has 0 saturated carbocycles. The molecule has 3 aromatic rings. The molecule has 2 amide bonds. The molecule has 0 unspecified atom stereocenters. The van der Waals surface area contributed by atoms with E-state index >= 15 is 0 Å². The van der Waals surface area contributed by atoms with Gasteiger partial charge in [0, 0.05) is 24.0 Å². The van der Waals surface area contributed by atoms with Gasteiger partial charge in [-0.15, -0.1) is 11.3 Å². The molecule has 0 bridgehead atoms. The Balaban J connectivity index is 1.45. The van der Waals surface area contributed by atoms with Crippen LogP contribution >= 0.6 is 27.3 Å². The number of carbonyl (C=O) groups is 2. The van der Waals surface area contributed by atoms with Gasteiger partial charge in [0.1, 0.15) is 0 Å². The molecule has 0 aliphatic rings. The summed E-state index contributed by atoms with van der Waals surface area (Å²) >= 11 is 4.77. The summed E-state index contributed by atoms with van der Waals surface area (Å²) in [5.41, 5.74) is 2.51. The molecule has 8 heteroatoms. The summed E-state index contributed by atoms with van der Waals surface area (Å²) in [4.78, 5) is 28.4. The van der Waals surface area contributed by atoms with Gasteiger partial charge in [-0.25, -0.2) is 4.98 Å². The lowest BCUT2D eigenvalue weighted by Crippen LogP contribution is -2.27. The zero-order valence-electron chi connectivity index (χ0n) is 14.6. The van der Waals surface area contributed by atoms with E-state index in [0.717, 1.165) is 22.7 Å². The third kappa shape index (κ3) is 5.77. The molecule has 3 rings (SSSR count). The maximum atomic E-state index is 12.0. The number of thiazole rings is 1. The summed E-state index contributed by atoms with van der Waals surface area (Å²) in [5, 5.41) is 8.69. The second-order valence-corrected chi connectivity index (χ2v) is 7.73. The second-order valence-electron chi connectivity index (χ2n) is 5.89. The Bertz CT molecular complexity index is 934. The molecule has 2 N–H and O–H groups in total. The van der Waals surface area contributed by atoms with Gasteiger partial charge in [-0.3, -0.25) is 9.59 Å². The summed E-state index contributed by atoms with van der Waals surface area (Å²) in [6.45, 7) is 2.53. The number of halogens is 1. The van der Waals surface area contributed by atoms with Crippen molar-refractivity contribution in [2.75, 3.05) is 11.9 Å². The molecule has 0 aliphatic carbocycles. The summed E-state index contributed by atoms with van der Waals surface area (Å²) in [6.07, 6.45) is 1.01. The Labute approximate surface area is 169 Å². The number of benzene rings is 1. The van der Waals surface area contributed by atoms with E-state index in [-0.39, 0.29) is 24.0 Å². The van der Waals surface area contributed by atoms with Gasteiger partial charge < -0.3 is 15.1 Å². The number of hydrogen-bond acceptors (Lipinski definition) is 5. The van der Waals surface area contributed by atoms with Crippen LogP contribution in [0.3, 0.4) is 0 Å². The average Bonchev–Trinajstić information content (AvgIpc) is 3.25. The van der Waals surface area contributed by atoms with Crippen LogP contribution in [0.2, 0.25) is 0 Å². The standard InChI is InChI=1S/C19H18BrN3O3S/c1-12-22-15(11-27-12)8-9-21-18(24)10-13-2-4-14(5-3-13)23-19(25)16-6-7-17(20)26-16/h2-7,11H,8-10H2,1H3,(H,21,24)(H,23,25). The molecule has 0 aliphatic heterocycles. The Morgan fingerprint density at radius 1 is 1.19 bits per heavy atom. The highest BCUT2D eigenvalue weighted by atomic mass is 79.9. The average molecular weight is 448 g/mol. The number of furan rings is 1. The van der Waals surface area contributed by atoms with Crippen LogP contribution in [0, 0.1) is 6.92 Å². The molecule has 2 aromatic heterocycles. The maximum Gasteiger partial charge on any atom is 0.291 e. The first-order chi connectivity index (χ1) is 13.0. The van der Waals surface area contributed by atoms with Crippen LogP contribution in [-0.2, 0) is 17.6 Å². The van der Waals surface area contributed by atoms with Gasteiger partial charge >= 0.3 is 0 Å². The Hall–Kier alpha value is -2.45. The third-order valence-electron chi connectivity index (χ3n) is 3.74. The van der Waals surface area contributed by atoms with Crippen LogP contribution in [0.1, 0.15) is 26.8 Å². The molecule has 0 fully saturated rings. The fraction of sp³-hybridized carbons (Fsp3) is 0.211. The van der Waals surface area contributed by atoms with Gasteiger partial charge in [0.15, 0.2) is 10.4 Å². The maximum absolute atomic E-state index is 12.0. The van der Waals surface area contributed by atoms with E-state index in [0.29, 0.717) is 16.9 Å². The first kappa shape index (κ1) is 19.3. The van der Waals surface area contributed by atoms with Crippen molar-refractivity contribution >= 4 is 44.8 Å². The van der Waals surface area contributed by atoms with Crippen LogP contribution in [-0.4, -0.2) is 23.3 Å². The van der Waals surface area contributed by atoms with Crippen molar-refractivity contribution in [3.05, 3.63) is 68.5 Å². The summed E-state index contributed by atoms with van der Waals surface area (Å²) < 4.78 is 5.71. The van der Waals surface area contributed by atoms with Crippen LogP contribution in [0.25, 0.3) is 0 Å². The predicted octanol–water partition coefficient (Wildman–Crippen LogP) is 3.96. The van der Waals surface area contributed by atoms with Crippen molar-refractivity contribution in [2.45, 2.75) is 19.8 Å². The minimum atomic E-state index is -0.330. The van der Waals surface area contributed by atoms with E-state index in [4.69, 9.17) is 4.42 Å². The molecule has 0 spiro atoms. The predicted molar refractivity (Wildman–Crippen MR) is 108 cm³/mol. The molecule has 0 atom stereocenters. The molecular weight excluding hydrogens is 430 g/mol. The fourth-order valence-corrected chi connectivity index (χ4v) is 3.39. The first-order valence-electron chi connectivity index (χ1n) is 8.33. The normalized spacial score (nSPS) is 10.6. The summed E-state index contributed by atoms with van der Waals surface area (Å²) in [6, 6.07) is 10.4. The van der Waals surface area contributed by atoms with E-state index in [1.807, 2.05) is 24.4 Å². The van der Waals surface area contributed by atoms with E-state index < -0.39 is 0 Å². The molecule has 6 nitrogen and oxygen atoms in total. The number of rotatable bonds is 7. The minimum absolute atomic E-state index is 0.0424. The molecule has 2 heterocycles. The second kappa shape index (κ2) is 8.96. The van der Waals surface area contributed by atoms with E-state index in [2.05, 4.69) is 31.5 Å². The lowest BCUT2D eigenvalue weighted by Gasteiger charge is -2.06. The number of aromatic nitrogens is 1. The Morgan fingerprint density at radius 3 is 2.59 bits per heavy atom. The summed E-state index contributed by atoms with van der Waals surface area (Å²) in [7, 11) is 0. The van der Waals surface area contributed by atoms with Crippen molar-refractivity contribution < 1.29 is 14.0 Å². The van der Waals surface area contributed by atoms with Gasteiger partial charge in [0.25, 0.3) is 5.91 Å². The molecular formula is C19H18BrN3O3S. The van der Waals surface area contributed by atoms with Gasteiger partial charge in [-0.05, 0) is 52.7 Å². The SMILES string of the molecule is Cc1nc(CCNC(=O)Cc2ccc(NC(=O)c3ccc(Br)o3)cc2)cs1. The first-order valence-corrected chi connectivity index (χ1v) is 10.0. The van der Waals surface area contributed by atoms with E-state index in [1.165, 1.54) is 0 Å². The number of nitrogens with one attached hydrogen (secondary N) is 2. The smallest absolute Gasteiger partial charge is 0.291 e. The number of nitrogens with zero attached hydrogens (tertiary/aromatic N) is 1. The van der Waals surface area contributed by atoms with Crippen LogP contribution in [0.15, 0.2) is 50.9 Å². The van der Waals surface area contributed by atoms with Crippen molar-refractivity contribution in [1.82, 2.24) is 10.3 Å². The topological polar surface area (TPSA) is 84.2 Å². The summed E-state index contributed by atoms with van der Waals surface area (Å²) in [5.74, 6) is -0.150. The van der Waals surface area contributed by atoms with E-state index in [9.17, 15) is 9.59 Å². The zero-order chi connectivity index (χ0) is 19.2. The van der Waals surface area contributed by atoms with Crippen molar-refractivity contribution in [1.29, 1.82) is 0 Å². The Kier molecular flexibility index (Phi) is 6.41. The quantitative estimate of drug-likeness (QED) is 0.573. The van der Waals surface area contributed by atoms with Crippen molar-refractivity contribution in [3.8, 4) is 0 Å². The number of aryl methyl sites for hydroxylation is 1. The highest BCUT2D eigenvalue weighted by Crippen LogP contribution is 2.16. The molecule has 1 aromatic carbocycles. The van der Waals surface area contributed by atoms with Crippen LogP contribution < -0.4 is 10.6 Å². The molecule has 0 saturated heterocycles. The van der Waals surface area contributed by atoms with Gasteiger partial charge in [0.2, 0.25) is 5.91 Å².